The first kappa shape index (κ1) is 14.2. The second-order valence-electron chi connectivity index (χ2n) is 4.43. The van der Waals surface area contributed by atoms with Crippen molar-refractivity contribution in [1.82, 2.24) is 20.0 Å². The Morgan fingerprint density at radius 2 is 2.23 bits per heavy atom. The zero-order valence-electron chi connectivity index (χ0n) is 11.4. The van der Waals surface area contributed by atoms with Crippen LogP contribution in [-0.4, -0.2) is 20.6 Å². The predicted molar refractivity (Wildman–Crippen MR) is 80.2 cm³/mol. The third-order valence-electron chi connectivity index (χ3n) is 2.92. The Kier molecular flexibility index (Phi) is 4.10. The lowest BCUT2D eigenvalue weighted by atomic mass is 10.3. The summed E-state index contributed by atoms with van der Waals surface area (Å²) in [4.78, 5) is 28.8. The van der Waals surface area contributed by atoms with Crippen molar-refractivity contribution in [2.24, 2.45) is 0 Å². The topological polar surface area (TPSA) is 90.0 Å². The number of pyridine rings is 1. The highest BCUT2D eigenvalue weighted by Gasteiger charge is 2.16. The van der Waals surface area contributed by atoms with Crippen LogP contribution < -0.4 is 11.1 Å². The van der Waals surface area contributed by atoms with Crippen LogP contribution in [0.2, 0.25) is 0 Å². The lowest BCUT2D eigenvalue weighted by Gasteiger charge is -2.05. The minimum Gasteiger partial charge on any atom is -0.350 e. The molecule has 112 valence electrons. The molecule has 3 heterocycles. The van der Waals surface area contributed by atoms with Gasteiger partial charge in [-0.15, -0.1) is 11.3 Å². The van der Waals surface area contributed by atoms with Gasteiger partial charge in [0.25, 0.3) is 0 Å². The van der Waals surface area contributed by atoms with Crippen LogP contribution in [0.25, 0.3) is 11.5 Å². The molecule has 0 unspecified atom stereocenters. The van der Waals surface area contributed by atoms with Crippen molar-refractivity contribution in [1.29, 1.82) is 0 Å². The van der Waals surface area contributed by atoms with Gasteiger partial charge in [0.15, 0.2) is 0 Å². The number of nitrogens with zero attached hydrogens (tertiary/aromatic N) is 3. The number of hydrogen-bond acceptors (Lipinski definition) is 6. The number of rotatable bonds is 5. The highest BCUT2D eigenvalue weighted by molar-refractivity contribution is 7.09. The van der Waals surface area contributed by atoms with E-state index < -0.39 is 5.76 Å². The first-order chi connectivity index (χ1) is 10.7. The smallest absolute Gasteiger partial charge is 0.350 e. The molecule has 0 aliphatic rings. The summed E-state index contributed by atoms with van der Waals surface area (Å²) in [5.41, 5.74) is 0.472. The highest BCUT2D eigenvalue weighted by Crippen LogP contribution is 2.11. The third-order valence-corrected chi connectivity index (χ3v) is 3.80. The van der Waals surface area contributed by atoms with Crippen LogP contribution in [0, 0.1) is 0 Å². The maximum atomic E-state index is 12.0. The molecule has 0 saturated heterocycles. The van der Waals surface area contributed by atoms with E-state index in [0.29, 0.717) is 12.2 Å². The SMILES string of the molecule is O=C(Cn1c(-c2ccccn2)noc1=O)NCc1cccs1. The quantitative estimate of drug-likeness (QED) is 0.765. The van der Waals surface area contributed by atoms with Crippen LogP contribution in [0.4, 0.5) is 0 Å². The second-order valence-corrected chi connectivity index (χ2v) is 5.46. The first-order valence-corrected chi connectivity index (χ1v) is 7.39. The average Bonchev–Trinajstić information content (AvgIpc) is 3.17. The van der Waals surface area contributed by atoms with Gasteiger partial charge >= 0.3 is 5.76 Å². The number of carbonyl (C=O) groups excluding carboxylic acids is 1. The highest BCUT2D eigenvalue weighted by atomic mass is 32.1. The van der Waals surface area contributed by atoms with E-state index in [1.54, 1.807) is 35.7 Å². The van der Waals surface area contributed by atoms with E-state index in [0.717, 1.165) is 9.44 Å². The zero-order chi connectivity index (χ0) is 15.4. The van der Waals surface area contributed by atoms with E-state index >= 15 is 0 Å². The lowest BCUT2D eigenvalue weighted by molar-refractivity contribution is -0.121. The minimum absolute atomic E-state index is 0.167. The summed E-state index contributed by atoms with van der Waals surface area (Å²) in [7, 11) is 0. The molecule has 1 amide bonds. The zero-order valence-corrected chi connectivity index (χ0v) is 12.2. The maximum Gasteiger partial charge on any atom is 0.442 e. The van der Waals surface area contributed by atoms with Gasteiger partial charge in [-0.25, -0.2) is 9.36 Å². The summed E-state index contributed by atoms with van der Waals surface area (Å²) in [5, 5.41) is 8.37. The fourth-order valence-electron chi connectivity index (χ4n) is 1.89. The molecule has 0 aromatic carbocycles. The van der Waals surface area contributed by atoms with Crippen molar-refractivity contribution in [3.8, 4) is 11.5 Å². The van der Waals surface area contributed by atoms with Crippen molar-refractivity contribution in [2.75, 3.05) is 0 Å². The number of hydrogen-bond donors (Lipinski definition) is 1. The Hall–Kier alpha value is -2.74. The Bertz CT molecular complexity index is 808. The Morgan fingerprint density at radius 1 is 1.32 bits per heavy atom. The van der Waals surface area contributed by atoms with Crippen molar-refractivity contribution in [3.63, 3.8) is 0 Å². The van der Waals surface area contributed by atoms with Gasteiger partial charge in [-0.2, -0.15) is 0 Å². The van der Waals surface area contributed by atoms with E-state index in [-0.39, 0.29) is 18.3 Å². The van der Waals surface area contributed by atoms with Crippen molar-refractivity contribution < 1.29 is 9.32 Å². The monoisotopic (exact) mass is 316 g/mol. The standard InChI is InChI=1S/C14H12N4O3S/c19-12(16-8-10-4-3-7-22-10)9-18-13(17-21-14(18)20)11-5-1-2-6-15-11/h1-7H,8-9H2,(H,16,19). The molecule has 0 atom stereocenters. The van der Waals surface area contributed by atoms with Gasteiger partial charge in [0.2, 0.25) is 11.7 Å². The summed E-state index contributed by atoms with van der Waals surface area (Å²) in [6.45, 7) is 0.259. The fourth-order valence-corrected chi connectivity index (χ4v) is 2.53. The molecule has 0 bridgehead atoms. The molecule has 8 heteroatoms. The van der Waals surface area contributed by atoms with Gasteiger partial charge in [-0.3, -0.25) is 14.3 Å². The molecule has 3 rings (SSSR count). The molecule has 0 spiro atoms. The van der Waals surface area contributed by atoms with Gasteiger partial charge in [-0.1, -0.05) is 17.3 Å². The summed E-state index contributed by atoms with van der Waals surface area (Å²) in [6, 6.07) is 9.05. The van der Waals surface area contributed by atoms with Gasteiger partial charge in [0.05, 0.1) is 6.54 Å². The molecule has 0 radical (unpaired) electrons. The largest absolute Gasteiger partial charge is 0.442 e. The van der Waals surface area contributed by atoms with Crippen molar-refractivity contribution in [2.45, 2.75) is 13.1 Å². The first-order valence-electron chi connectivity index (χ1n) is 6.51. The van der Waals surface area contributed by atoms with E-state index in [4.69, 9.17) is 0 Å². The van der Waals surface area contributed by atoms with Gasteiger partial charge < -0.3 is 5.32 Å². The van der Waals surface area contributed by atoms with Gasteiger partial charge in [-0.05, 0) is 23.6 Å². The molecule has 0 fully saturated rings. The molecule has 0 aliphatic heterocycles. The predicted octanol–water partition coefficient (Wildman–Crippen LogP) is 1.28. The number of thiophene rings is 1. The minimum atomic E-state index is -0.688. The molecule has 0 saturated carbocycles. The average molecular weight is 316 g/mol. The third kappa shape index (κ3) is 3.12. The Morgan fingerprint density at radius 3 is 2.95 bits per heavy atom. The van der Waals surface area contributed by atoms with Gasteiger partial charge in [0, 0.05) is 11.1 Å². The van der Waals surface area contributed by atoms with E-state index in [9.17, 15) is 9.59 Å². The number of aromatic nitrogens is 3. The summed E-state index contributed by atoms with van der Waals surface area (Å²) >= 11 is 1.55. The van der Waals surface area contributed by atoms with Crippen molar-refractivity contribution in [3.05, 3.63) is 57.3 Å². The molecule has 1 N–H and O–H groups in total. The van der Waals surface area contributed by atoms with E-state index in [2.05, 4.69) is 20.0 Å². The molecule has 22 heavy (non-hydrogen) atoms. The van der Waals surface area contributed by atoms with Crippen LogP contribution in [0.5, 0.6) is 0 Å². The molecular weight excluding hydrogens is 304 g/mol. The van der Waals surface area contributed by atoms with Crippen LogP contribution >= 0.6 is 11.3 Å². The Balaban J connectivity index is 1.74. The van der Waals surface area contributed by atoms with Crippen LogP contribution in [-0.2, 0) is 17.9 Å². The summed E-state index contributed by atoms with van der Waals surface area (Å²) < 4.78 is 5.80. The Labute approximate surface area is 129 Å². The van der Waals surface area contributed by atoms with Crippen LogP contribution in [0.15, 0.2) is 51.2 Å². The van der Waals surface area contributed by atoms with E-state index in [1.165, 1.54) is 0 Å². The number of amides is 1. The number of nitrogens with one attached hydrogen (secondary N) is 1. The molecule has 7 nitrogen and oxygen atoms in total. The summed E-state index contributed by atoms with van der Waals surface area (Å²) in [5.74, 6) is -0.750. The normalized spacial score (nSPS) is 10.5. The van der Waals surface area contributed by atoms with Gasteiger partial charge in [0.1, 0.15) is 12.2 Å². The fraction of sp³-hybridized carbons (Fsp3) is 0.143. The van der Waals surface area contributed by atoms with Crippen LogP contribution in [0.1, 0.15) is 4.88 Å². The van der Waals surface area contributed by atoms with E-state index in [1.807, 2.05) is 17.5 Å². The summed E-state index contributed by atoms with van der Waals surface area (Å²) in [6.07, 6.45) is 1.58. The van der Waals surface area contributed by atoms with Crippen LogP contribution in [0.3, 0.4) is 0 Å². The second kappa shape index (κ2) is 6.35. The number of carbonyl (C=O) groups is 1. The van der Waals surface area contributed by atoms with Crippen molar-refractivity contribution >= 4 is 17.2 Å². The maximum absolute atomic E-state index is 12.0. The molecule has 3 aromatic rings. The molecule has 3 aromatic heterocycles. The lowest BCUT2D eigenvalue weighted by Crippen LogP contribution is -2.30. The molecule has 0 aliphatic carbocycles. The molecular formula is C14H12N4O3S.